The lowest BCUT2D eigenvalue weighted by molar-refractivity contribution is 0.0795. The van der Waals surface area contributed by atoms with E-state index in [4.69, 9.17) is 4.52 Å². The lowest BCUT2D eigenvalue weighted by Gasteiger charge is -2.16. The van der Waals surface area contributed by atoms with Gasteiger partial charge in [-0.25, -0.2) is 8.78 Å². The number of carbonyl (C=O) groups is 1. The molecule has 0 fully saturated rings. The summed E-state index contributed by atoms with van der Waals surface area (Å²) in [6.45, 7) is 0.295. The molecule has 2 heterocycles. The van der Waals surface area contributed by atoms with Crippen molar-refractivity contribution in [3.63, 3.8) is 0 Å². The molecule has 2 aromatic carbocycles. The van der Waals surface area contributed by atoms with E-state index in [1.165, 1.54) is 11.0 Å². The number of aromatic amines is 1. The van der Waals surface area contributed by atoms with Crippen LogP contribution >= 0.6 is 0 Å². The lowest BCUT2D eigenvalue weighted by Crippen LogP contribution is -2.29. The minimum absolute atomic E-state index is 0.0771. The van der Waals surface area contributed by atoms with E-state index in [9.17, 15) is 13.6 Å². The molecule has 28 heavy (non-hydrogen) atoms. The monoisotopic (exact) mass is 382 g/mol. The smallest absolute Gasteiger partial charge is 0.274 e. The maximum atomic E-state index is 13.3. The normalized spacial score (nSPS) is 11.1. The van der Waals surface area contributed by atoms with Gasteiger partial charge < -0.3 is 14.4 Å². The molecule has 0 bridgehead atoms. The molecule has 0 unspecified atom stereocenters. The molecule has 0 saturated heterocycles. The van der Waals surface area contributed by atoms with Crippen LogP contribution in [-0.2, 0) is 6.42 Å². The zero-order chi connectivity index (χ0) is 19.7. The van der Waals surface area contributed by atoms with Crippen LogP contribution in [0.4, 0.5) is 8.78 Å². The molecular formula is C20H16F2N4O2. The average molecular weight is 382 g/mol. The van der Waals surface area contributed by atoms with E-state index in [1.807, 2.05) is 30.3 Å². The summed E-state index contributed by atoms with van der Waals surface area (Å²) in [7, 11) is 1.57. The molecule has 0 radical (unpaired) electrons. The first-order valence-electron chi connectivity index (χ1n) is 8.62. The van der Waals surface area contributed by atoms with Crippen molar-refractivity contribution in [2.75, 3.05) is 13.6 Å². The van der Waals surface area contributed by atoms with Crippen molar-refractivity contribution in [1.29, 1.82) is 0 Å². The second-order valence-corrected chi connectivity index (χ2v) is 6.39. The van der Waals surface area contributed by atoms with Crippen molar-refractivity contribution in [3.05, 3.63) is 71.6 Å². The van der Waals surface area contributed by atoms with E-state index in [-0.39, 0.29) is 5.56 Å². The molecule has 2 aromatic heterocycles. The molecule has 0 spiro atoms. The van der Waals surface area contributed by atoms with Crippen LogP contribution in [0.25, 0.3) is 22.5 Å². The fourth-order valence-corrected chi connectivity index (χ4v) is 2.87. The number of benzene rings is 2. The number of amides is 1. The first-order chi connectivity index (χ1) is 13.5. The molecule has 4 rings (SSSR count). The Morgan fingerprint density at radius 3 is 2.75 bits per heavy atom. The molecule has 6 nitrogen and oxygen atoms in total. The molecule has 0 saturated carbocycles. The summed E-state index contributed by atoms with van der Waals surface area (Å²) in [5.74, 6) is -1.66. The topological polar surface area (TPSA) is 75.0 Å². The van der Waals surface area contributed by atoms with Gasteiger partial charge in [-0.05, 0) is 30.3 Å². The molecule has 1 amide bonds. The molecule has 8 heteroatoms. The van der Waals surface area contributed by atoms with E-state index < -0.39 is 17.5 Å². The number of nitrogens with one attached hydrogen (secondary N) is 1. The first-order valence-corrected chi connectivity index (χ1v) is 8.62. The van der Waals surface area contributed by atoms with Gasteiger partial charge in [0.15, 0.2) is 17.5 Å². The second kappa shape index (κ2) is 7.22. The van der Waals surface area contributed by atoms with Gasteiger partial charge in [0.05, 0.1) is 0 Å². The Bertz CT molecular complexity index is 1120. The Hall–Kier alpha value is -3.55. The fraction of sp³-hybridized carbons (Fsp3) is 0.150. The van der Waals surface area contributed by atoms with Crippen molar-refractivity contribution < 1.29 is 18.1 Å². The van der Waals surface area contributed by atoms with E-state index in [0.29, 0.717) is 30.4 Å². The molecular weight excluding hydrogens is 366 g/mol. The number of aromatic nitrogens is 3. The summed E-state index contributed by atoms with van der Waals surface area (Å²) >= 11 is 0. The fourth-order valence-electron chi connectivity index (χ4n) is 2.87. The van der Waals surface area contributed by atoms with Crippen molar-refractivity contribution in [2.24, 2.45) is 0 Å². The highest BCUT2D eigenvalue weighted by Crippen LogP contribution is 2.22. The predicted octanol–water partition coefficient (Wildman–Crippen LogP) is 3.81. The van der Waals surface area contributed by atoms with Crippen LogP contribution in [0.3, 0.4) is 0 Å². The number of likely N-dealkylation sites (N-methyl/N-ethyl adjacent to an activating group) is 1. The Morgan fingerprint density at radius 1 is 1.14 bits per heavy atom. The zero-order valence-corrected chi connectivity index (χ0v) is 14.9. The molecule has 0 aliphatic carbocycles. The highest BCUT2D eigenvalue weighted by molar-refractivity contribution is 5.94. The maximum Gasteiger partial charge on any atom is 0.274 e. The van der Waals surface area contributed by atoms with Crippen LogP contribution in [0.5, 0.6) is 0 Å². The van der Waals surface area contributed by atoms with Crippen molar-refractivity contribution in [3.8, 4) is 11.6 Å². The number of fused-ring (bicyclic) bond motifs is 1. The number of hydrogen-bond donors (Lipinski definition) is 1. The molecule has 0 aliphatic heterocycles. The van der Waals surface area contributed by atoms with Gasteiger partial charge in [0.2, 0.25) is 0 Å². The summed E-state index contributed by atoms with van der Waals surface area (Å²) in [5.41, 5.74) is 1.76. The molecule has 4 aromatic rings. The van der Waals surface area contributed by atoms with Crippen molar-refractivity contribution in [2.45, 2.75) is 6.42 Å². The number of carbonyl (C=O) groups excluding carboxylic acids is 1. The van der Waals surface area contributed by atoms with Crippen molar-refractivity contribution in [1.82, 2.24) is 20.0 Å². The zero-order valence-electron chi connectivity index (χ0n) is 14.9. The minimum Gasteiger partial charge on any atom is -0.351 e. The quantitative estimate of drug-likeness (QED) is 0.570. The van der Waals surface area contributed by atoms with Crippen LogP contribution in [-0.4, -0.2) is 39.5 Å². The molecule has 142 valence electrons. The lowest BCUT2D eigenvalue weighted by atomic mass is 10.2. The SMILES string of the molecule is CN(CCc1noc(-c2cc3ccccc3[nH]2)n1)C(=O)c1ccc(F)c(F)c1. The van der Waals surface area contributed by atoms with Gasteiger partial charge in [0.25, 0.3) is 11.8 Å². The standard InChI is InChI=1S/C20H16F2N4O2/c1-26(20(27)13-6-7-14(21)15(22)10-13)9-8-18-24-19(28-25-18)17-11-12-4-2-3-5-16(12)23-17/h2-7,10-11,23H,8-9H2,1H3. The van der Waals surface area contributed by atoms with Gasteiger partial charge in [-0.2, -0.15) is 4.98 Å². The number of nitrogens with zero attached hydrogens (tertiary/aromatic N) is 3. The van der Waals surface area contributed by atoms with E-state index in [2.05, 4.69) is 15.1 Å². The Kier molecular flexibility index (Phi) is 4.60. The number of para-hydroxylation sites is 1. The highest BCUT2D eigenvalue weighted by Gasteiger charge is 2.16. The third kappa shape index (κ3) is 3.48. The van der Waals surface area contributed by atoms with Crippen LogP contribution in [0, 0.1) is 11.6 Å². The summed E-state index contributed by atoms with van der Waals surface area (Å²) in [6.07, 6.45) is 0.357. The Balaban J connectivity index is 1.42. The molecule has 1 N–H and O–H groups in total. The average Bonchev–Trinajstić information content (AvgIpc) is 3.34. The number of H-pyrrole nitrogens is 1. The maximum absolute atomic E-state index is 13.3. The van der Waals surface area contributed by atoms with Crippen LogP contribution in [0.1, 0.15) is 16.2 Å². The van der Waals surface area contributed by atoms with E-state index in [1.54, 1.807) is 7.05 Å². The number of halogens is 2. The number of hydrogen-bond acceptors (Lipinski definition) is 4. The van der Waals surface area contributed by atoms with Gasteiger partial charge in [-0.15, -0.1) is 0 Å². The summed E-state index contributed by atoms with van der Waals surface area (Å²) in [6, 6.07) is 12.8. The van der Waals surface area contributed by atoms with Gasteiger partial charge in [0, 0.05) is 36.5 Å². The minimum atomic E-state index is -1.06. The molecule has 0 atom stereocenters. The van der Waals surface area contributed by atoms with Crippen molar-refractivity contribution >= 4 is 16.8 Å². The summed E-state index contributed by atoms with van der Waals surface area (Å²) in [5, 5.41) is 4.98. The third-order valence-corrected chi connectivity index (χ3v) is 4.41. The van der Waals surface area contributed by atoms with Gasteiger partial charge in [-0.1, -0.05) is 23.4 Å². The predicted molar refractivity (Wildman–Crippen MR) is 98.6 cm³/mol. The number of rotatable bonds is 5. The van der Waals surface area contributed by atoms with Crippen LogP contribution in [0.15, 0.2) is 53.1 Å². The van der Waals surface area contributed by atoms with E-state index >= 15 is 0 Å². The summed E-state index contributed by atoms with van der Waals surface area (Å²) in [4.78, 5) is 21.3. The third-order valence-electron chi connectivity index (χ3n) is 4.41. The largest absolute Gasteiger partial charge is 0.351 e. The second-order valence-electron chi connectivity index (χ2n) is 6.39. The Labute approximate surface area is 158 Å². The van der Waals surface area contributed by atoms with Crippen LogP contribution in [0.2, 0.25) is 0 Å². The van der Waals surface area contributed by atoms with Crippen LogP contribution < -0.4 is 0 Å². The summed E-state index contributed by atoms with van der Waals surface area (Å²) < 4.78 is 31.6. The van der Waals surface area contributed by atoms with Gasteiger partial charge in [0.1, 0.15) is 5.69 Å². The van der Waals surface area contributed by atoms with Gasteiger partial charge in [-0.3, -0.25) is 4.79 Å². The molecule has 0 aliphatic rings. The highest BCUT2D eigenvalue weighted by atomic mass is 19.2. The van der Waals surface area contributed by atoms with E-state index in [0.717, 1.165) is 23.0 Å². The Morgan fingerprint density at radius 2 is 1.96 bits per heavy atom. The first kappa shape index (κ1) is 17.8. The van der Waals surface area contributed by atoms with Gasteiger partial charge >= 0.3 is 0 Å².